The number of rotatable bonds is 4. The first kappa shape index (κ1) is 13.6. The fraction of sp³-hybridized carbons (Fsp3) is 0.125. The van der Waals surface area contributed by atoms with Crippen molar-refractivity contribution in [2.45, 2.75) is 6.54 Å². The normalized spacial score (nSPS) is 10.5. The van der Waals surface area contributed by atoms with Crippen LogP contribution >= 0.6 is 12.2 Å². The molecule has 0 saturated heterocycles. The van der Waals surface area contributed by atoms with E-state index in [1.807, 2.05) is 48.5 Å². The summed E-state index contributed by atoms with van der Waals surface area (Å²) in [6.45, 7) is 0.660. The van der Waals surface area contributed by atoms with E-state index in [2.05, 4.69) is 15.3 Å². The Labute approximate surface area is 127 Å². The van der Waals surface area contributed by atoms with Gasteiger partial charge in [-0.2, -0.15) is 0 Å². The number of fused-ring (bicyclic) bond motifs is 1. The van der Waals surface area contributed by atoms with Gasteiger partial charge < -0.3 is 15.0 Å². The van der Waals surface area contributed by atoms with Gasteiger partial charge in [-0.25, -0.2) is 4.98 Å². The molecule has 0 unspecified atom stereocenters. The zero-order valence-corrected chi connectivity index (χ0v) is 12.4. The average molecular weight is 297 g/mol. The third kappa shape index (κ3) is 3.03. The maximum absolute atomic E-state index is 5.23. The van der Waals surface area contributed by atoms with Crippen LogP contribution in [-0.2, 0) is 6.54 Å². The number of hydrogen-bond donors (Lipinski definition) is 2. The third-order valence-electron chi connectivity index (χ3n) is 3.23. The standard InChI is InChI=1S/C16H15N3OS/c1-20-12-6-4-5-11(9-12)10-17-15-13-7-2-3-8-14(13)18-16(21)19-15/h2-9H,10H2,1H3,(H2,17,18,19,21). The highest BCUT2D eigenvalue weighted by atomic mass is 32.1. The van der Waals surface area contributed by atoms with Gasteiger partial charge >= 0.3 is 0 Å². The molecule has 0 aliphatic rings. The fourth-order valence-corrected chi connectivity index (χ4v) is 2.41. The van der Waals surface area contributed by atoms with Crippen molar-refractivity contribution < 1.29 is 4.74 Å². The summed E-state index contributed by atoms with van der Waals surface area (Å²) in [6, 6.07) is 15.9. The quantitative estimate of drug-likeness (QED) is 0.717. The van der Waals surface area contributed by atoms with Gasteiger partial charge in [0, 0.05) is 11.9 Å². The minimum Gasteiger partial charge on any atom is -0.497 e. The van der Waals surface area contributed by atoms with Gasteiger partial charge in [0.25, 0.3) is 0 Å². The predicted molar refractivity (Wildman–Crippen MR) is 87.2 cm³/mol. The average Bonchev–Trinajstić information content (AvgIpc) is 2.52. The Morgan fingerprint density at radius 1 is 1.19 bits per heavy atom. The summed E-state index contributed by atoms with van der Waals surface area (Å²) < 4.78 is 5.71. The molecule has 4 nitrogen and oxygen atoms in total. The smallest absolute Gasteiger partial charge is 0.199 e. The van der Waals surface area contributed by atoms with Crippen LogP contribution in [0.4, 0.5) is 5.82 Å². The second-order valence-corrected chi connectivity index (χ2v) is 5.03. The van der Waals surface area contributed by atoms with Crippen molar-refractivity contribution in [2.75, 3.05) is 12.4 Å². The number of anilines is 1. The van der Waals surface area contributed by atoms with Crippen molar-refractivity contribution in [3.8, 4) is 5.75 Å². The molecule has 5 heteroatoms. The molecule has 21 heavy (non-hydrogen) atoms. The van der Waals surface area contributed by atoms with E-state index in [4.69, 9.17) is 17.0 Å². The van der Waals surface area contributed by atoms with Crippen LogP contribution in [-0.4, -0.2) is 17.1 Å². The van der Waals surface area contributed by atoms with E-state index in [-0.39, 0.29) is 0 Å². The first-order valence-corrected chi connectivity index (χ1v) is 7.03. The summed E-state index contributed by atoms with van der Waals surface area (Å²) in [6.07, 6.45) is 0. The van der Waals surface area contributed by atoms with E-state index in [0.29, 0.717) is 11.3 Å². The van der Waals surface area contributed by atoms with Crippen LogP contribution in [0.25, 0.3) is 10.9 Å². The van der Waals surface area contributed by atoms with E-state index >= 15 is 0 Å². The molecule has 2 N–H and O–H groups in total. The van der Waals surface area contributed by atoms with Gasteiger partial charge in [0.05, 0.1) is 12.6 Å². The topological polar surface area (TPSA) is 49.9 Å². The van der Waals surface area contributed by atoms with Gasteiger partial charge in [0.15, 0.2) is 4.77 Å². The highest BCUT2D eigenvalue weighted by Gasteiger charge is 2.03. The molecule has 1 heterocycles. The van der Waals surface area contributed by atoms with Gasteiger partial charge in [0.2, 0.25) is 0 Å². The van der Waals surface area contributed by atoms with Crippen molar-refractivity contribution in [3.05, 3.63) is 58.9 Å². The first-order valence-electron chi connectivity index (χ1n) is 6.62. The van der Waals surface area contributed by atoms with Gasteiger partial charge in [-0.1, -0.05) is 24.3 Å². The molecular formula is C16H15N3OS. The predicted octanol–water partition coefficient (Wildman–Crippen LogP) is 3.91. The molecule has 0 saturated carbocycles. The Kier molecular flexibility index (Phi) is 3.83. The first-order chi connectivity index (χ1) is 10.3. The number of aromatic nitrogens is 2. The maximum Gasteiger partial charge on any atom is 0.199 e. The number of para-hydroxylation sites is 1. The molecule has 0 fully saturated rings. The summed E-state index contributed by atoms with van der Waals surface area (Å²) >= 11 is 5.17. The van der Waals surface area contributed by atoms with Crippen molar-refractivity contribution >= 4 is 28.9 Å². The van der Waals surface area contributed by atoms with Gasteiger partial charge in [-0.3, -0.25) is 0 Å². The third-order valence-corrected chi connectivity index (χ3v) is 3.42. The Morgan fingerprint density at radius 2 is 2.05 bits per heavy atom. The van der Waals surface area contributed by atoms with Crippen LogP contribution in [0.3, 0.4) is 0 Å². The largest absolute Gasteiger partial charge is 0.497 e. The molecule has 106 valence electrons. The number of H-pyrrole nitrogens is 1. The minimum atomic E-state index is 0.474. The molecule has 0 spiro atoms. The molecule has 0 radical (unpaired) electrons. The van der Waals surface area contributed by atoms with E-state index in [9.17, 15) is 0 Å². The molecule has 1 aromatic heterocycles. The monoisotopic (exact) mass is 297 g/mol. The van der Waals surface area contributed by atoms with E-state index in [0.717, 1.165) is 28.0 Å². The number of ether oxygens (including phenoxy) is 1. The lowest BCUT2D eigenvalue weighted by Crippen LogP contribution is -2.03. The number of nitrogens with one attached hydrogen (secondary N) is 2. The zero-order chi connectivity index (χ0) is 14.7. The molecular weight excluding hydrogens is 282 g/mol. The lowest BCUT2D eigenvalue weighted by atomic mass is 10.2. The number of benzene rings is 2. The molecule has 0 bridgehead atoms. The molecule has 0 amide bonds. The second kappa shape index (κ2) is 5.93. The van der Waals surface area contributed by atoms with Crippen molar-refractivity contribution in [1.29, 1.82) is 0 Å². The summed E-state index contributed by atoms with van der Waals surface area (Å²) in [5.74, 6) is 1.63. The Hall–Kier alpha value is -2.40. The fourth-order valence-electron chi connectivity index (χ4n) is 2.21. The van der Waals surface area contributed by atoms with E-state index in [1.165, 1.54) is 0 Å². The highest BCUT2D eigenvalue weighted by Crippen LogP contribution is 2.20. The summed E-state index contributed by atoms with van der Waals surface area (Å²) in [5, 5.41) is 4.36. The second-order valence-electron chi connectivity index (χ2n) is 4.64. The highest BCUT2D eigenvalue weighted by molar-refractivity contribution is 7.71. The molecule has 3 rings (SSSR count). The van der Waals surface area contributed by atoms with Gasteiger partial charge in [0.1, 0.15) is 11.6 Å². The minimum absolute atomic E-state index is 0.474. The summed E-state index contributed by atoms with van der Waals surface area (Å²) in [7, 11) is 1.66. The molecule has 0 atom stereocenters. The lowest BCUT2D eigenvalue weighted by Gasteiger charge is -2.09. The van der Waals surface area contributed by atoms with Crippen molar-refractivity contribution in [1.82, 2.24) is 9.97 Å². The van der Waals surface area contributed by atoms with E-state index in [1.54, 1.807) is 7.11 Å². The number of hydrogen-bond acceptors (Lipinski definition) is 4. The summed E-state index contributed by atoms with van der Waals surface area (Å²) in [4.78, 5) is 7.47. The molecule has 0 aliphatic heterocycles. The van der Waals surface area contributed by atoms with Gasteiger partial charge in [-0.05, 0) is 42.0 Å². The number of methoxy groups -OCH3 is 1. The summed E-state index contributed by atoms with van der Waals surface area (Å²) in [5.41, 5.74) is 2.10. The van der Waals surface area contributed by atoms with Crippen LogP contribution in [0.15, 0.2) is 48.5 Å². The molecule has 2 aromatic carbocycles. The van der Waals surface area contributed by atoms with Crippen LogP contribution < -0.4 is 10.1 Å². The van der Waals surface area contributed by atoms with Crippen LogP contribution in [0.5, 0.6) is 5.75 Å². The zero-order valence-electron chi connectivity index (χ0n) is 11.6. The lowest BCUT2D eigenvalue weighted by molar-refractivity contribution is 0.414. The Balaban J connectivity index is 1.89. The van der Waals surface area contributed by atoms with Crippen molar-refractivity contribution in [3.63, 3.8) is 0 Å². The number of nitrogens with zero attached hydrogens (tertiary/aromatic N) is 1. The van der Waals surface area contributed by atoms with Crippen LogP contribution in [0, 0.1) is 4.77 Å². The van der Waals surface area contributed by atoms with E-state index < -0.39 is 0 Å². The Bertz CT molecular complexity index is 829. The number of aromatic amines is 1. The van der Waals surface area contributed by atoms with Crippen LogP contribution in [0.2, 0.25) is 0 Å². The van der Waals surface area contributed by atoms with Gasteiger partial charge in [-0.15, -0.1) is 0 Å². The molecule has 0 aliphatic carbocycles. The molecule has 3 aromatic rings. The van der Waals surface area contributed by atoms with Crippen molar-refractivity contribution in [2.24, 2.45) is 0 Å². The SMILES string of the molecule is COc1cccc(CNc2nc(=S)[nH]c3ccccc23)c1. The Morgan fingerprint density at radius 3 is 2.90 bits per heavy atom. The van der Waals surface area contributed by atoms with Crippen LogP contribution in [0.1, 0.15) is 5.56 Å². The maximum atomic E-state index is 5.23.